The van der Waals surface area contributed by atoms with E-state index in [4.69, 9.17) is 0 Å². The molecule has 0 unspecified atom stereocenters. The van der Waals surface area contributed by atoms with Crippen molar-refractivity contribution in [2.24, 2.45) is 0 Å². The van der Waals surface area contributed by atoms with Gasteiger partial charge in [-0.2, -0.15) is 0 Å². The summed E-state index contributed by atoms with van der Waals surface area (Å²) in [6.07, 6.45) is 2.59. The molecular weight excluding hydrogens is 322 g/mol. The van der Waals surface area contributed by atoms with Gasteiger partial charge in [0, 0.05) is 29.0 Å². The Hall–Kier alpha value is -1.95. The van der Waals surface area contributed by atoms with E-state index >= 15 is 0 Å². The minimum absolute atomic E-state index is 0.0789. The number of hydrogen-bond donors (Lipinski definition) is 1. The van der Waals surface area contributed by atoms with Gasteiger partial charge in [0.15, 0.2) is 0 Å². The number of aryl methyl sites for hydroxylation is 1. The van der Waals surface area contributed by atoms with E-state index in [9.17, 15) is 10.1 Å². The van der Waals surface area contributed by atoms with Crippen molar-refractivity contribution < 1.29 is 4.92 Å². The molecule has 0 aliphatic rings. The molecule has 20 heavy (non-hydrogen) atoms. The topological polar surface area (TPSA) is 68.1 Å². The predicted molar refractivity (Wildman–Crippen MR) is 82.0 cm³/mol. The summed E-state index contributed by atoms with van der Waals surface area (Å²) in [5.74, 6) is 0. The van der Waals surface area contributed by atoms with Gasteiger partial charge in [-0.05, 0) is 37.1 Å². The van der Waals surface area contributed by atoms with E-state index in [1.165, 1.54) is 6.07 Å². The van der Waals surface area contributed by atoms with Gasteiger partial charge in [-0.15, -0.1) is 0 Å². The van der Waals surface area contributed by atoms with Crippen LogP contribution in [0.1, 0.15) is 11.3 Å². The fraction of sp³-hybridized carbons (Fsp3) is 0.214. The van der Waals surface area contributed by atoms with Crippen LogP contribution < -0.4 is 5.32 Å². The first-order chi connectivity index (χ1) is 9.56. The summed E-state index contributed by atoms with van der Waals surface area (Å²) in [6.45, 7) is 2.55. The number of rotatable bonds is 5. The van der Waals surface area contributed by atoms with E-state index in [1.807, 2.05) is 25.3 Å². The third kappa shape index (κ3) is 3.77. The van der Waals surface area contributed by atoms with Gasteiger partial charge < -0.3 is 5.32 Å². The average molecular weight is 336 g/mol. The second kappa shape index (κ2) is 6.47. The van der Waals surface area contributed by atoms with Crippen molar-refractivity contribution >= 4 is 27.3 Å². The van der Waals surface area contributed by atoms with Crippen molar-refractivity contribution in [2.45, 2.75) is 13.3 Å². The number of nitrogens with zero attached hydrogens (tertiary/aromatic N) is 2. The molecule has 2 rings (SSSR count). The second-order valence-corrected chi connectivity index (χ2v) is 5.32. The number of nitro groups is 1. The van der Waals surface area contributed by atoms with Gasteiger partial charge in [0.2, 0.25) is 0 Å². The molecule has 0 aliphatic carbocycles. The van der Waals surface area contributed by atoms with Crippen LogP contribution in [0.2, 0.25) is 0 Å². The van der Waals surface area contributed by atoms with Crippen LogP contribution in [0, 0.1) is 17.0 Å². The Morgan fingerprint density at radius 3 is 2.80 bits per heavy atom. The van der Waals surface area contributed by atoms with Crippen LogP contribution in [0.25, 0.3) is 0 Å². The molecule has 0 amide bonds. The zero-order chi connectivity index (χ0) is 14.5. The Morgan fingerprint density at radius 2 is 2.15 bits per heavy atom. The second-order valence-electron chi connectivity index (χ2n) is 4.40. The summed E-state index contributed by atoms with van der Waals surface area (Å²) in [7, 11) is 0. The highest BCUT2D eigenvalue weighted by atomic mass is 79.9. The lowest BCUT2D eigenvalue weighted by molar-refractivity contribution is -0.384. The SMILES string of the molecule is Cc1ccc(CCNc2cc(Br)ccc2[N+](=O)[O-])cn1. The van der Waals surface area contributed by atoms with Crippen LogP contribution in [0.3, 0.4) is 0 Å². The lowest BCUT2D eigenvalue weighted by Gasteiger charge is -2.07. The van der Waals surface area contributed by atoms with Gasteiger partial charge in [0.1, 0.15) is 5.69 Å². The fourth-order valence-corrected chi connectivity index (χ4v) is 2.16. The van der Waals surface area contributed by atoms with E-state index < -0.39 is 0 Å². The zero-order valence-electron chi connectivity index (χ0n) is 11.0. The molecule has 0 radical (unpaired) electrons. The molecule has 6 heteroatoms. The molecular formula is C14H14BrN3O2. The van der Waals surface area contributed by atoms with Gasteiger partial charge >= 0.3 is 0 Å². The van der Waals surface area contributed by atoms with Crippen molar-refractivity contribution in [3.05, 3.63) is 62.4 Å². The van der Waals surface area contributed by atoms with E-state index in [-0.39, 0.29) is 10.6 Å². The molecule has 0 saturated carbocycles. The van der Waals surface area contributed by atoms with Crippen LogP contribution in [0.5, 0.6) is 0 Å². The molecule has 1 heterocycles. The standard InChI is InChI=1S/C14H14BrN3O2/c1-10-2-3-11(9-17-10)6-7-16-13-8-12(15)4-5-14(13)18(19)20/h2-5,8-9,16H,6-7H2,1H3. The quantitative estimate of drug-likeness (QED) is 0.667. The van der Waals surface area contributed by atoms with Gasteiger partial charge in [-0.3, -0.25) is 15.1 Å². The molecule has 1 aromatic carbocycles. The molecule has 1 N–H and O–H groups in total. The Labute approximate surface area is 125 Å². The summed E-state index contributed by atoms with van der Waals surface area (Å²) in [5.41, 5.74) is 2.67. The number of hydrogen-bond acceptors (Lipinski definition) is 4. The number of benzene rings is 1. The summed E-state index contributed by atoms with van der Waals surface area (Å²) >= 11 is 3.32. The Kier molecular flexibility index (Phi) is 4.68. The summed E-state index contributed by atoms with van der Waals surface area (Å²) < 4.78 is 0.808. The minimum Gasteiger partial charge on any atom is -0.379 e. The van der Waals surface area contributed by atoms with Crippen molar-refractivity contribution in [3.63, 3.8) is 0 Å². The average Bonchev–Trinajstić information content (AvgIpc) is 2.41. The van der Waals surface area contributed by atoms with E-state index in [0.717, 1.165) is 22.2 Å². The van der Waals surface area contributed by atoms with Crippen LogP contribution in [-0.2, 0) is 6.42 Å². The van der Waals surface area contributed by atoms with E-state index in [2.05, 4.69) is 26.2 Å². The summed E-state index contributed by atoms with van der Waals surface area (Å²) in [5, 5.41) is 14.0. The lowest BCUT2D eigenvalue weighted by Crippen LogP contribution is -2.07. The van der Waals surface area contributed by atoms with Crippen molar-refractivity contribution in [2.75, 3.05) is 11.9 Å². The van der Waals surface area contributed by atoms with Crippen LogP contribution in [0.15, 0.2) is 41.0 Å². The number of aromatic nitrogens is 1. The Bertz CT molecular complexity index is 614. The highest BCUT2D eigenvalue weighted by Crippen LogP contribution is 2.27. The van der Waals surface area contributed by atoms with Crippen molar-refractivity contribution in [3.8, 4) is 0 Å². The largest absolute Gasteiger partial charge is 0.379 e. The molecule has 104 valence electrons. The number of halogens is 1. The Morgan fingerprint density at radius 1 is 1.35 bits per heavy atom. The number of nitro benzene ring substituents is 1. The maximum Gasteiger partial charge on any atom is 0.292 e. The highest BCUT2D eigenvalue weighted by Gasteiger charge is 2.13. The maximum absolute atomic E-state index is 10.9. The monoisotopic (exact) mass is 335 g/mol. The fourth-order valence-electron chi connectivity index (χ4n) is 1.80. The molecule has 0 spiro atoms. The minimum atomic E-state index is -0.387. The Balaban J connectivity index is 2.02. The summed E-state index contributed by atoms with van der Waals surface area (Å²) in [6, 6.07) is 8.83. The normalized spacial score (nSPS) is 10.3. The smallest absolute Gasteiger partial charge is 0.292 e. The first-order valence-corrected chi connectivity index (χ1v) is 6.95. The predicted octanol–water partition coefficient (Wildman–Crippen LogP) is 3.72. The third-order valence-electron chi connectivity index (χ3n) is 2.86. The first-order valence-electron chi connectivity index (χ1n) is 6.15. The van der Waals surface area contributed by atoms with Gasteiger partial charge in [-0.1, -0.05) is 22.0 Å². The molecule has 0 fully saturated rings. The van der Waals surface area contributed by atoms with Gasteiger partial charge in [0.05, 0.1) is 4.92 Å². The molecule has 5 nitrogen and oxygen atoms in total. The molecule has 0 atom stereocenters. The highest BCUT2D eigenvalue weighted by molar-refractivity contribution is 9.10. The van der Waals surface area contributed by atoms with Crippen LogP contribution >= 0.6 is 15.9 Å². The molecule has 2 aromatic rings. The van der Waals surface area contributed by atoms with Crippen molar-refractivity contribution in [1.29, 1.82) is 0 Å². The molecule has 0 saturated heterocycles. The van der Waals surface area contributed by atoms with E-state index in [1.54, 1.807) is 12.1 Å². The number of nitrogens with one attached hydrogen (secondary N) is 1. The number of pyridine rings is 1. The molecule has 1 aromatic heterocycles. The number of anilines is 1. The van der Waals surface area contributed by atoms with Gasteiger partial charge in [0.25, 0.3) is 5.69 Å². The molecule has 0 bridgehead atoms. The van der Waals surface area contributed by atoms with Crippen LogP contribution in [0.4, 0.5) is 11.4 Å². The van der Waals surface area contributed by atoms with E-state index in [0.29, 0.717) is 12.2 Å². The molecule has 0 aliphatic heterocycles. The summed E-state index contributed by atoms with van der Waals surface area (Å²) in [4.78, 5) is 14.8. The van der Waals surface area contributed by atoms with Crippen molar-refractivity contribution in [1.82, 2.24) is 4.98 Å². The third-order valence-corrected chi connectivity index (χ3v) is 3.35. The van der Waals surface area contributed by atoms with Gasteiger partial charge in [-0.25, -0.2) is 0 Å². The lowest BCUT2D eigenvalue weighted by atomic mass is 10.2. The zero-order valence-corrected chi connectivity index (χ0v) is 12.6. The first kappa shape index (κ1) is 14.5. The maximum atomic E-state index is 10.9. The van der Waals surface area contributed by atoms with Crippen LogP contribution in [-0.4, -0.2) is 16.5 Å².